The van der Waals surface area contributed by atoms with Gasteiger partial charge in [-0.3, -0.25) is 4.79 Å². The molecule has 1 rings (SSSR count). The highest BCUT2D eigenvalue weighted by atomic mass is 79.9. The first-order valence-electron chi connectivity index (χ1n) is 3.41. The molecule has 1 heterocycles. The molecule has 68 valence electrons. The van der Waals surface area contributed by atoms with Crippen LogP contribution in [0.25, 0.3) is 0 Å². The number of thiophene rings is 1. The maximum atomic E-state index is 10.8. The average molecular weight is 260 g/mol. The summed E-state index contributed by atoms with van der Waals surface area (Å²) in [5.74, 6) is -1.12. The van der Waals surface area contributed by atoms with E-state index >= 15 is 0 Å². The van der Waals surface area contributed by atoms with Crippen LogP contribution < -0.4 is 0 Å². The molecular weight excluding hydrogens is 254 g/mol. The number of hydrogen-bond acceptors (Lipinski definition) is 3. The number of nitriles is 1. The summed E-state index contributed by atoms with van der Waals surface area (Å²) in [5.41, 5.74) is -1.43. The van der Waals surface area contributed by atoms with Gasteiger partial charge in [0, 0.05) is 4.88 Å². The predicted octanol–water partition coefficient (Wildman–Crippen LogP) is 2.38. The molecular formula is C8H6BrNO2S. The summed E-state index contributed by atoms with van der Waals surface area (Å²) in [7, 11) is 0. The zero-order valence-corrected chi connectivity index (χ0v) is 9.15. The Kier molecular flexibility index (Phi) is 2.74. The molecule has 0 aromatic carbocycles. The van der Waals surface area contributed by atoms with Crippen LogP contribution in [0.4, 0.5) is 0 Å². The molecule has 1 atom stereocenters. The third-order valence-electron chi connectivity index (χ3n) is 1.72. The van der Waals surface area contributed by atoms with Gasteiger partial charge in [0.2, 0.25) is 0 Å². The van der Waals surface area contributed by atoms with Gasteiger partial charge in [-0.05, 0) is 35.0 Å². The predicted molar refractivity (Wildman–Crippen MR) is 52.6 cm³/mol. The van der Waals surface area contributed by atoms with Gasteiger partial charge < -0.3 is 5.11 Å². The van der Waals surface area contributed by atoms with Crippen molar-refractivity contribution in [1.29, 1.82) is 5.26 Å². The lowest BCUT2D eigenvalue weighted by Gasteiger charge is -2.12. The van der Waals surface area contributed by atoms with E-state index in [0.717, 1.165) is 3.79 Å². The first kappa shape index (κ1) is 10.2. The highest BCUT2D eigenvalue weighted by molar-refractivity contribution is 9.11. The minimum atomic E-state index is -1.43. The number of aliphatic carboxylic acids is 1. The molecule has 0 bridgehead atoms. The number of carboxylic acid groups (broad SMARTS) is 1. The van der Waals surface area contributed by atoms with Crippen LogP contribution >= 0.6 is 27.3 Å². The fourth-order valence-electron chi connectivity index (χ4n) is 0.791. The molecule has 1 N–H and O–H groups in total. The topological polar surface area (TPSA) is 61.1 Å². The van der Waals surface area contributed by atoms with Crippen molar-refractivity contribution in [2.75, 3.05) is 0 Å². The minimum absolute atomic E-state index is 0.536. The molecule has 1 unspecified atom stereocenters. The second kappa shape index (κ2) is 3.48. The third-order valence-corrected chi connectivity index (χ3v) is 3.56. The maximum absolute atomic E-state index is 10.8. The second-order valence-corrected chi connectivity index (χ2v) is 5.11. The lowest BCUT2D eigenvalue weighted by Crippen LogP contribution is -2.29. The van der Waals surface area contributed by atoms with E-state index in [1.807, 2.05) is 0 Å². The van der Waals surface area contributed by atoms with Crippen LogP contribution in [0.3, 0.4) is 0 Å². The van der Waals surface area contributed by atoms with Crippen LogP contribution in [0.2, 0.25) is 0 Å². The zero-order valence-electron chi connectivity index (χ0n) is 6.74. The van der Waals surface area contributed by atoms with Crippen LogP contribution in [-0.4, -0.2) is 11.1 Å². The summed E-state index contributed by atoms with van der Waals surface area (Å²) < 4.78 is 0.824. The molecule has 0 spiro atoms. The highest BCUT2D eigenvalue weighted by Crippen LogP contribution is 2.32. The van der Waals surface area contributed by atoms with Crippen LogP contribution in [0, 0.1) is 11.3 Å². The molecule has 0 aliphatic heterocycles. The number of carboxylic acids is 1. The van der Waals surface area contributed by atoms with Crippen LogP contribution in [0.5, 0.6) is 0 Å². The van der Waals surface area contributed by atoms with Gasteiger partial charge in [-0.15, -0.1) is 11.3 Å². The molecule has 0 aliphatic rings. The Morgan fingerprint density at radius 1 is 1.77 bits per heavy atom. The van der Waals surface area contributed by atoms with E-state index in [1.54, 1.807) is 18.2 Å². The Hall–Kier alpha value is -0.860. The molecule has 3 nitrogen and oxygen atoms in total. The maximum Gasteiger partial charge on any atom is 0.329 e. The molecule has 1 aromatic rings. The van der Waals surface area contributed by atoms with Gasteiger partial charge >= 0.3 is 5.97 Å². The van der Waals surface area contributed by atoms with Crippen LogP contribution in [0.1, 0.15) is 11.8 Å². The van der Waals surface area contributed by atoms with Gasteiger partial charge in [0.1, 0.15) is 0 Å². The molecule has 13 heavy (non-hydrogen) atoms. The number of halogens is 1. The Labute approximate surface area is 87.7 Å². The number of nitrogens with zero attached hydrogens (tertiary/aromatic N) is 1. The first-order valence-corrected chi connectivity index (χ1v) is 5.02. The van der Waals surface area contributed by atoms with Crippen molar-refractivity contribution in [2.24, 2.45) is 0 Å². The molecule has 0 radical (unpaired) electrons. The Balaban J connectivity index is 3.19. The summed E-state index contributed by atoms with van der Waals surface area (Å²) in [6, 6.07) is 5.18. The van der Waals surface area contributed by atoms with E-state index in [4.69, 9.17) is 10.4 Å². The van der Waals surface area contributed by atoms with E-state index in [9.17, 15) is 4.79 Å². The number of hydrogen-bond donors (Lipinski definition) is 1. The third kappa shape index (κ3) is 1.74. The van der Waals surface area contributed by atoms with Gasteiger partial charge in [-0.1, -0.05) is 0 Å². The van der Waals surface area contributed by atoms with E-state index in [-0.39, 0.29) is 0 Å². The minimum Gasteiger partial charge on any atom is -0.480 e. The lowest BCUT2D eigenvalue weighted by atomic mass is 9.91. The summed E-state index contributed by atoms with van der Waals surface area (Å²) in [5, 5.41) is 17.6. The van der Waals surface area contributed by atoms with Crippen molar-refractivity contribution in [2.45, 2.75) is 12.3 Å². The smallest absolute Gasteiger partial charge is 0.329 e. The van der Waals surface area contributed by atoms with Crippen LogP contribution in [-0.2, 0) is 10.2 Å². The van der Waals surface area contributed by atoms with E-state index in [1.165, 1.54) is 18.3 Å². The van der Waals surface area contributed by atoms with Crippen molar-refractivity contribution in [1.82, 2.24) is 0 Å². The van der Waals surface area contributed by atoms with Crippen molar-refractivity contribution < 1.29 is 9.90 Å². The number of rotatable bonds is 2. The van der Waals surface area contributed by atoms with Crippen LogP contribution in [0.15, 0.2) is 15.9 Å². The van der Waals surface area contributed by atoms with Crippen molar-refractivity contribution >= 4 is 33.2 Å². The van der Waals surface area contributed by atoms with Crippen molar-refractivity contribution in [3.05, 3.63) is 20.8 Å². The fourth-order valence-corrected chi connectivity index (χ4v) is 2.27. The summed E-state index contributed by atoms with van der Waals surface area (Å²) >= 11 is 4.48. The standard InChI is InChI=1S/C8H6BrNO2S/c1-8(4-10,7(11)12)5-2-3-6(9)13-5/h2-3H,1H3,(H,11,12). The molecule has 0 aliphatic carbocycles. The Morgan fingerprint density at radius 3 is 2.69 bits per heavy atom. The van der Waals surface area contributed by atoms with Gasteiger partial charge in [0.05, 0.1) is 9.86 Å². The first-order chi connectivity index (χ1) is 6.00. The van der Waals surface area contributed by atoms with E-state index < -0.39 is 11.4 Å². The quantitative estimate of drug-likeness (QED) is 0.887. The van der Waals surface area contributed by atoms with Crippen molar-refractivity contribution in [3.8, 4) is 6.07 Å². The van der Waals surface area contributed by atoms with Crippen molar-refractivity contribution in [3.63, 3.8) is 0 Å². The fraction of sp³-hybridized carbons (Fsp3) is 0.250. The summed E-state index contributed by atoms with van der Waals surface area (Å²) in [6.07, 6.45) is 0. The molecule has 0 amide bonds. The molecule has 5 heteroatoms. The highest BCUT2D eigenvalue weighted by Gasteiger charge is 2.36. The largest absolute Gasteiger partial charge is 0.480 e. The van der Waals surface area contributed by atoms with E-state index in [2.05, 4.69) is 15.9 Å². The molecule has 0 saturated carbocycles. The van der Waals surface area contributed by atoms with Gasteiger partial charge in [-0.25, -0.2) is 0 Å². The average Bonchev–Trinajstić information content (AvgIpc) is 2.50. The second-order valence-electron chi connectivity index (χ2n) is 2.65. The Bertz CT molecular complexity index is 382. The van der Waals surface area contributed by atoms with E-state index in [0.29, 0.717) is 4.88 Å². The SMILES string of the molecule is CC(C#N)(C(=O)O)c1ccc(Br)s1. The monoisotopic (exact) mass is 259 g/mol. The number of carbonyl (C=O) groups is 1. The normalized spacial score (nSPS) is 14.5. The lowest BCUT2D eigenvalue weighted by molar-refractivity contribution is -0.140. The zero-order chi connectivity index (χ0) is 10.1. The Morgan fingerprint density at radius 2 is 2.38 bits per heavy atom. The summed E-state index contributed by atoms with van der Waals surface area (Å²) in [4.78, 5) is 11.4. The van der Waals surface area contributed by atoms with Gasteiger partial charge in [0.25, 0.3) is 0 Å². The summed E-state index contributed by atoms with van der Waals surface area (Å²) in [6.45, 7) is 1.40. The molecule has 0 fully saturated rings. The molecule has 0 saturated heterocycles. The van der Waals surface area contributed by atoms with Gasteiger partial charge in [-0.2, -0.15) is 5.26 Å². The van der Waals surface area contributed by atoms with Gasteiger partial charge in [0.15, 0.2) is 5.41 Å². The molecule has 1 aromatic heterocycles.